The zero-order chi connectivity index (χ0) is 14.5. The average Bonchev–Trinajstić information content (AvgIpc) is 2.37. The lowest BCUT2D eigenvalue weighted by atomic mass is 9.92. The highest BCUT2D eigenvalue weighted by Crippen LogP contribution is 2.26. The molecule has 1 aromatic rings. The van der Waals surface area contributed by atoms with Gasteiger partial charge in [0.25, 0.3) is 0 Å². The van der Waals surface area contributed by atoms with Crippen LogP contribution in [0.5, 0.6) is 5.75 Å². The highest BCUT2D eigenvalue weighted by molar-refractivity contribution is 5.82. The number of halogens is 2. The van der Waals surface area contributed by atoms with E-state index < -0.39 is 18.1 Å². The second kappa shape index (κ2) is 6.47. The molecule has 0 aromatic heterocycles. The molecule has 0 saturated heterocycles. The van der Waals surface area contributed by atoms with Gasteiger partial charge in [0.1, 0.15) is 11.3 Å². The highest BCUT2D eigenvalue weighted by atomic mass is 19.3. The van der Waals surface area contributed by atoms with Crippen LogP contribution >= 0.6 is 0 Å². The van der Waals surface area contributed by atoms with Gasteiger partial charge in [-0.05, 0) is 38.6 Å². The molecule has 19 heavy (non-hydrogen) atoms. The predicted molar refractivity (Wildman–Crippen MR) is 66.1 cm³/mol. The minimum Gasteiger partial charge on any atom is -0.464 e. The summed E-state index contributed by atoms with van der Waals surface area (Å²) < 4.78 is 33.7. The zero-order valence-corrected chi connectivity index (χ0v) is 11.1. The van der Waals surface area contributed by atoms with Crippen LogP contribution in [0.25, 0.3) is 0 Å². The fourth-order valence-electron chi connectivity index (χ4n) is 1.62. The van der Waals surface area contributed by atoms with Crippen LogP contribution < -0.4 is 10.1 Å². The number of nitrogens with one attached hydrogen (secondary N) is 1. The number of ether oxygens (including phenoxy) is 2. The van der Waals surface area contributed by atoms with E-state index in [0.717, 1.165) is 0 Å². The normalized spacial score (nSPS) is 14.0. The smallest absolute Gasteiger partial charge is 0.387 e. The summed E-state index contributed by atoms with van der Waals surface area (Å²) in [6.07, 6.45) is 0. The van der Waals surface area contributed by atoms with Gasteiger partial charge in [-0.2, -0.15) is 8.78 Å². The molecule has 0 aliphatic rings. The van der Waals surface area contributed by atoms with Crippen molar-refractivity contribution in [1.82, 2.24) is 5.32 Å². The number of alkyl halides is 2. The van der Waals surface area contributed by atoms with E-state index in [9.17, 15) is 13.6 Å². The molecule has 0 radical (unpaired) electrons. The number of hydrogen-bond acceptors (Lipinski definition) is 4. The van der Waals surface area contributed by atoms with Gasteiger partial charge in [-0.15, -0.1) is 0 Å². The number of benzene rings is 1. The van der Waals surface area contributed by atoms with Gasteiger partial charge in [0, 0.05) is 0 Å². The Bertz CT molecular complexity index is 440. The second-order valence-corrected chi connectivity index (χ2v) is 4.00. The summed E-state index contributed by atoms with van der Waals surface area (Å²) in [5.74, 6) is -0.482. The lowest BCUT2D eigenvalue weighted by molar-refractivity contribution is -0.150. The number of carbonyl (C=O) groups is 1. The second-order valence-electron chi connectivity index (χ2n) is 4.00. The number of carbonyl (C=O) groups excluding carboxylic acids is 1. The first-order chi connectivity index (χ1) is 8.93. The monoisotopic (exact) mass is 273 g/mol. The maximum atomic E-state index is 12.2. The Morgan fingerprint density at radius 3 is 2.68 bits per heavy atom. The molecule has 1 unspecified atom stereocenters. The Labute approximate surface area is 110 Å². The topological polar surface area (TPSA) is 47.6 Å². The van der Waals surface area contributed by atoms with Crippen LogP contribution in [-0.2, 0) is 15.1 Å². The van der Waals surface area contributed by atoms with E-state index in [1.807, 2.05) is 0 Å². The molecule has 4 nitrogen and oxygen atoms in total. The van der Waals surface area contributed by atoms with Crippen LogP contribution in [0.4, 0.5) is 8.78 Å². The van der Waals surface area contributed by atoms with Gasteiger partial charge in [0.05, 0.1) is 6.61 Å². The molecule has 1 rings (SSSR count). The van der Waals surface area contributed by atoms with E-state index in [4.69, 9.17) is 4.74 Å². The first kappa shape index (κ1) is 15.4. The molecule has 0 heterocycles. The molecule has 6 heteroatoms. The van der Waals surface area contributed by atoms with E-state index in [0.29, 0.717) is 5.56 Å². The Hall–Kier alpha value is -1.69. The molecule has 0 saturated carbocycles. The Morgan fingerprint density at radius 2 is 2.16 bits per heavy atom. The summed E-state index contributed by atoms with van der Waals surface area (Å²) in [5.41, 5.74) is -0.621. The van der Waals surface area contributed by atoms with Crippen molar-refractivity contribution >= 4 is 5.97 Å². The van der Waals surface area contributed by atoms with E-state index in [2.05, 4.69) is 10.1 Å². The molecule has 0 amide bonds. The molecule has 1 aromatic carbocycles. The predicted octanol–water partition coefficient (Wildman–Crippen LogP) is 2.29. The fraction of sp³-hybridized carbons (Fsp3) is 0.462. The summed E-state index contributed by atoms with van der Waals surface area (Å²) in [7, 11) is 1.59. The summed E-state index contributed by atoms with van der Waals surface area (Å²) >= 11 is 0. The number of esters is 1. The highest BCUT2D eigenvalue weighted by Gasteiger charge is 2.35. The summed E-state index contributed by atoms with van der Waals surface area (Å²) in [4.78, 5) is 12.0. The van der Waals surface area contributed by atoms with Crippen LogP contribution in [0.15, 0.2) is 24.3 Å². The number of likely N-dealkylation sites (N-methyl/N-ethyl adjacent to an activating group) is 1. The van der Waals surface area contributed by atoms with Crippen LogP contribution in [0.3, 0.4) is 0 Å². The van der Waals surface area contributed by atoms with Gasteiger partial charge in [-0.1, -0.05) is 12.1 Å². The molecule has 1 N–H and O–H groups in total. The summed E-state index contributed by atoms with van der Waals surface area (Å²) in [6.45, 7) is 0.652. The van der Waals surface area contributed by atoms with Crippen molar-refractivity contribution < 1.29 is 23.0 Å². The number of rotatable bonds is 6. The molecule has 106 valence electrons. The molecule has 0 aliphatic carbocycles. The lowest BCUT2D eigenvalue weighted by Crippen LogP contribution is -2.45. The average molecular weight is 273 g/mol. The summed E-state index contributed by atoms with van der Waals surface area (Å²) in [5, 5.41) is 2.84. The third kappa shape index (κ3) is 3.64. The molecule has 0 fully saturated rings. The Kier molecular flexibility index (Phi) is 5.23. The van der Waals surface area contributed by atoms with E-state index in [1.165, 1.54) is 12.1 Å². The fourth-order valence-corrected chi connectivity index (χ4v) is 1.62. The van der Waals surface area contributed by atoms with Gasteiger partial charge in [-0.3, -0.25) is 0 Å². The van der Waals surface area contributed by atoms with Crippen LogP contribution in [-0.4, -0.2) is 26.2 Å². The lowest BCUT2D eigenvalue weighted by Gasteiger charge is -2.27. The van der Waals surface area contributed by atoms with Crippen molar-refractivity contribution in [3.05, 3.63) is 29.8 Å². The van der Waals surface area contributed by atoms with E-state index in [1.54, 1.807) is 33.0 Å². The van der Waals surface area contributed by atoms with Crippen molar-refractivity contribution in [1.29, 1.82) is 0 Å². The van der Waals surface area contributed by atoms with Gasteiger partial charge < -0.3 is 14.8 Å². The van der Waals surface area contributed by atoms with Crippen molar-refractivity contribution in [3.63, 3.8) is 0 Å². The number of hydrogen-bond donors (Lipinski definition) is 1. The molecule has 1 atom stereocenters. The zero-order valence-electron chi connectivity index (χ0n) is 11.1. The molecule has 0 spiro atoms. The molecular weight excluding hydrogens is 256 g/mol. The van der Waals surface area contributed by atoms with Crippen LogP contribution in [0.1, 0.15) is 19.4 Å². The minimum atomic E-state index is -2.90. The third-order valence-corrected chi connectivity index (χ3v) is 2.82. The first-order valence-electron chi connectivity index (χ1n) is 5.85. The Morgan fingerprint density at radius 1 is 1.47 bits per heavy atom. The summed E-state index contributed by atoms with van der Waals surface area (Å²) in [6, 6.07) is 5.98. The first-order valence-corrected chi connectivity index (χ1v) is 5.85. The molecular formula is C13H17F2NO3. The van der Waals surface area contributed by atoms with E-state index in [-0.39, 0.29) is 12.4 Å². The molecule has 0 bridgehead atoms. The van der Waals surface area contributed by atoms with Gasteiger partial charge >= 0.3 is 12.6 Å². The van der Waals surface area contributed by atoms with Crippen molar-refractivity contribution in [2.75, 3.05) is 13.7 Å². The van der Waals surface area contributed by atoms with Crippen LogP contribution in [0, 0.1) is 0 Å². The maximum absolute atomic E-state index is 12.2. The van der Waals surface area contributed by atoms with E-state index >= 15 is 0 Å². The maximum Gasteiger partial charge on any atom is 0.387 e. The standard InChI is InChI=1S/C13H17F2NO3/c1-4-18-11(17)13(2,16-3)9-6-5-7-10(8-9)19-12(14)15/h5-8,12,16H,4H2,1-3H3. The minimum absolute atomic E-state index is 0.00160. The Balaban J connectivity index is 3.07. The van der Waals surface area contributed by atoms with Crippen molar-refractivity contribution in [3.8, 4) is 5.75 Å². The largest absolute Gasteiger partial charge is 0.464 e. The van der Waals surface area contributed by atoms with Gasteiger partial charge in [-0.25, -0.2) is 4.79 Å². The van der Waals surface area contributed by atoms with Crippen molar-refractivity contribution in [2.45, 2.75) is 26.0 Å². The SMILES string of the molecule is CCOC(=O)C(C)(NC)c1cccc(OC(F)F)c1. The van der Waals surface area contributed by atoms with Gasteiger partial charge in [0.2, 0.25) is 0 Å². The van der Waals surface area contributed by atoms with Gasteiger partial charge in [0.15, 0.2) is 0 Å². The van der Waals surface area contributed by atoms with Crippen molar-refractivity contribution in [2.24, 2.45) is 0 Å². The van der Waals surface area contributed by atoms with Crippen LogP contribution in [0.2, 0.25) is 0 Å². The quantitative estimate of drug-likeness (QED) is 0.808. The molecule has 0 aliphatic heterocycles. The third-order valence-electron chi connectivity index (χ3n) is 2.82.